The van der Waals surface area contributed by atoms with E-state index in [9.17, 15) is 21.6 Å². The molecule has 2 heterocycles. The lowest BCUT2D eigenvalue weighted by Crippen LogP contribution is -2.38. The average molecular weight is 468 g/mol. The molecule has 0 spiro atoms. The number of benzene rings is 1. The maximum Gasteiger partial charge on any atom is 0.416 e. The van der Waals surface area contributed by atoms with Gasteiger partial charge >= 0.3 is 6.18 Å². The van der Waals surface area contributed by atoms with Crippen molar-refractivity contribution in [2.24, 2.45) is 0 Å². The predicted molar refractivity (Wildman–Crippen MR) is 106 cm³/mol. The largest absolute Gasteiger partial charge is 0.416 e. The number of piperidine rings is 1. The van der Waals surface area contributed by atoms with Crippen LogP contribution in [-0.2, 0) is 21.6 Å². The third kappa shape index (κ3) is 4.60. The highest BCUT2D eigenvalue weighted by Gasteiger charge is 2.39. The zero-order valence-corrected chi connectivity index (χ0v) is 18.5. The summed E-state index contributed by atoms with van der Waals surface area (Å²) in [6.07, 6.45) is -2.56. The topological polar surface area (TPSA) is 63.2 Å². The van der Waals surface area contributed by atoms with Crippen LogP contribution in [0.4, 0.5) is 13.2 Å². The van der Waals surface area contributed by atoms with Gasteiger partial charge in [-0.1, -0.05) is 50.1 Å². The number of hydrogen-bond acceptors (Lipinski definition) is 5. The molecule has 29 heavy (non-hydrogen) atoms. The van der Waals surface area contributed by atoms with Crippen LogP contribution in [0.25, 0.3) is 0 Å². The van der Waals surface area contributed by atoms with Crippen LogP contribution in [-0.4, -0.2) is 29.5 Å². The molecule has 160 valence electrons. The van der Waals surface area contributed by atoms with Gasteiger partial charge in [0.2, 0.25) is 10.0 Å². The van der Waals surface area contributed by atoms with Gasteiger partial charge in [0.15, 0.2) is 0 Å². The minimum absolute atomic E-state index is 0.217. The molecule has 0 saturated carbocycles. The summed E-state index contributed by atoms with van der Waals surface area (Å²) in [5.41, 5.74) is -1.21. The fourth-order valence-electron chi connectivity index (χ4n) is 3.12. The number of alkyl halides is 3. The van der Waals surface area contributed by atoms with Crippen molar-refractivity contribution >= 4 is 33.0 Å². The van der Waals surface area contributed by atoms with Gasteiger partial charge in [0.25, 0.3) is 0 Å². The molecule has 1 fully saturated rings. The molecule has 0 amide bonds. The maximum atomic E-state index is 13.3. The van der Waals surface area contributed by atoms with Crippen LogP contribution in [0.2, 0.25) is 5.02 Å². The average Bonchev–Trinajstić information content (AvgIpc) is 3.11. The summed E-state index contributed by atoms with van der Waals surface area (Å²) in [5, 5.41) is 9.35. The SMILES string of the molecule is CC(C)(C)c1nnc([C@@H]2CCCCN2S(=O)(=O)c2ccc(C(F)(F)F)cc2Cl)s1. The standard InChI is InChI=1S/C18H21ClF3N3O2S2/c1-17(2,3)16-24-23-15(28-16)13-6-4-5-9-25(13)29(26,27)14-8-7-11(10-12(14)19)18(20,21)22/h7-8,10,13H,4-6,9H2,1-3H3/t13-/m0/s1. The monoisotopic (exact) mass is 467 g/mol. The molecule has 0 radical (unpaired) electrons. The number of hydrogen-bond donors (Lipinski definition) is 0. The minimum atomic E-state index is -4.60. The molecule has 0 bridgehead atoms. The van der Waals surface area contributed by atoms with Crippen LogP contribution in [0.1, 0.15) is 61.7 Å². The van der Waals surface area contributed by atoms with E-state index >= 15 is 0 Å². The van der Waals surface area contributed by atoms with Gasteiger partial charge in [0, 0.05) is 12.0 Å². The Bertz CT molecular complexity index is 1000. The van der Waals surface area contributed by atoms with Gasteiger partial charge in [-0.2, -0.15) is 17.5 Å². The van der Waals surface area contributed by atoms with E-state index in [1.807, 2.05) is 20.8 Å². The van der Waals surface area contributed by atoms with Gasteiger partial charge in [-0.25, -0.2) is 8.42 Å². The zero-order valence-electron chi connectivity index (χ0n) is 16.1. The molecule has 0 aliphatic carbocycles. The van der Waals surface area contributed by atoms with Crippen LogP contribution in [0.5, 0.6) is 0 Å². The van der Waals surface area contributed by atoms with Crippen molar-refractivity contribution in [3.63, 3.8) is 0 Å². The third-order valence-corrected chi connectivity index (χ3v) is 8.51. The Balaban J connectivity index is 1.99. The number of sulfonamides is 1. The van der Waals surface area contributed by atoms with E-state index in [1.54, 1.807) is 0 Å². The quantitative estimate of drug-likeness (QED) is 0.604. The minimum Gasteiger partial charge on any atom is -0.207 e. The van der Waals surface area contributed by atoms with E-state index in [-0.39, 0.29) is 16.9 Å². The van der Waals surface area contributed by atoms with Crippen LogP contribution in [0.3, 0.4) is 0 Å². The van der Waals surface area contributed by atoms with Gasteiger partial charge in [-0.3, -0.25) is 0 Å². The summed E-state index contributed by atoms with van der Waals surface area (Å²) >= 11 is 7.33. The van der Waals surface area contributed by atoms with Crippen molar-refractivity contribution in [2.75, 3.05) is 6.54 Å². The smallest absolute Gasteiger partial charge is 0.207 e. The second-order valence-electron chi connectivity index (χ2n) is 7.97. The van der Waals surface area contributed by atoms with Crippen molar-refractivity contribution in [1.29, 1.82) is 0 Å². The van der Waals surface area contributed by atoms with Gasteiger partial charge in [-0.05, 0) is 31.0 Å². The fourth-order valence-corrected chi connectivity index (χ4v) is 6.42. The summed E-state index contributed by atoms with van der Waals surface area (Å²) < 4.78 is 66.5. The highest BCUT2D eigenvalue weighted by molar-refractivity contribution is 7.89. The Morgan fingerprint density at radius 1 is 1.17 bits per heavy atom. The molecule has 1 atom stereocenters. The second kappa shape index (κ2) is 7.79. The Morgan fingerprint density at radius 3 is 2.41 bits per heavy atom. The predicted octanol–water partition coefficient (Wildman–Crippen LogP) is 5.42. The van der Waals surface area contributed by atoms with Crippen LogP contribution >= 0.6 is 22.9 Å². The molecule has 3 rings (SSSR count). The van der Waals surface area contributed by atoms with Gasteiger partial charge in [0.1, 0.15) is 14.9 Å². The number of aromatic nitrogens is 2. The molecule has 0 N–H and O–H groups in total. The maximum absolute atomic E-state index is 13.3. The molecule has 2 aromatic rings. The summed E-state index contributed by atoms with van der Waals surface area (Å²) in [7, 11) is -4.11. The number of nitrogens with zero attached hydrogens (tertiary/aromatic N) is 3. The summed E-state index contributed by atoms with van der Waals surface area (Å²) in [4.78, 5) is -0.334. The first kappa shape index (κ1) is 22.5. The number of halogens is 4. The first-order valence-corrected chi connectivity index (χ1v) is 11.7. The second-order valence-corrected chi connectivity index (χ2v) is 11.2. The highest BCUT2D eigenvalue weighted by Crippen LogP contribution is 2.40. The Kier molecular flexibility index (Phi) is 6.03. The first-order valence-electron chi connectivity index (χ1n) is 9.04. The van der Waals surface area contributed by atoms with E-state index in [2.05, 4.69) is 10.2 Å². The van der Waals surface area contributed by atoms with E-state index < -0.39 is 32.8 Å². The molecule has 5 nitrogen and oxygen atoms in total. The van der Waals surface area contributed by atoms with E-state index in [0.29, 0.717) is 23.9 Å². The van der Waals surface area contributed by atoms with Crippen LogP contribution < -0.4 is 0 Å². The molecule has 0 unspecified atom stereocenters. The van der Waals surface area contributed by atoms with Crippen molar-refractivity contribution in [3.05, 3.63) is 38.8 Å². The summed E-state index contributed by atoms with van der Waals surface area (Å²) in [5.74, 6) is 0. The Labute approximate surface area is 177 Å². The van der Waals surface area contributed by atoms with Crippen molar-refractivity contribution in [1.82, 2.24) is 14.5 Å². The van der Waals surface area contributed by atoms with Gasteiger partial charge in [-0.15, -0.1) is 10.2 Å². The van der Waals surface area contributed by atoms with Crippen LogP contribution in [0, 0.1) is 0 Å². The van der Waals surface area contributed by atoms with E-state index in [0.717, 1.165) is 23.6 Å². The lowest BCUT2D eigenvalue weighted by Gasteiger charge is -2.33. The summed E-state index contributed by atoms with van der Waals surface area (Å²) in [6.45, 7) is 6.23. The summed E-state index contributed by atoms with van der Waals surface area (Å²) in [6, 6.07) is 1.80. The molecule has 1 aromatic heterocycles. The highest BCUT2D eigenvalue weighted by atomic mass is 35.5. The van der Waals surface area contributed by atoms with Crippen molar-refractivity contribution < 1.29 is 21.6 Å². The molecular formula is C18H21ClF3N3O2S2. The van der Waals surface area contributed by atoms with E-state index in [1.165, 1.54) is 15.6 Å². The molecule has 11 heteroatoms. The molecule has 1 aromatic carbocycles. The first-order chi connectivity index (χ1) is 13.3. The fraction of sp³-hybridized carbons (Fsp3) is 0.556. The normalized spacial score (nSPS) is 19.5. The molecule has 1 aliphatic heterocycles. The van der Waals surface area contributed by atoms with Crippen molar-refractivity contribution in [2.45, 2.75) is 62.6 Å². The lowest BCUT2D eigenvalue weighted by molar-refractivity contribution is -0.137. The van der Waals surface area contributed by atoms with Gasteiger partial charge < -0.3 is 0 Å². The number of rotatable bonds is 3. The zero-order chi connectivity index (χ0) is 21.6. The van der Waals surface area contributed by atoms with Gasteiger partial charge in [0.05, 0.1) is 16.6 Å². The molecule has 1 saturated heterocycles. The Morgan fingerprint density at radius 2 is 1.86 bits per heavy atom. The third-order valence-electron chi connectivity index (χ3n) is 4.67. The Hall–Kier alpha value is -1.23. The molecule has 1 aliphatic rings. The van der Waals surface area contributed by atoms with Crippen molar-refractivity contribution in [3.8, 4) is 0 Å². The van der Waals surface area contributed by atoms with E-state index in [4.69, 9.17) is 11.6 Å². The molecular weight excluding hydrogens is 447 g/mol. The lowest BCUT2D eigenvalue weighted by atomic mass is 9.98. The van der Waals surface area contributed by atoms with Crippen LogP contribution in [0.15, 0.2) is 23.1 Å².